The fraction of sp³-hybridized carbons (Fsp3) is 0.524. The molecule has 1 saturated heterocycles. The maximum atomic E-state index is 13.2. The van der Waals surface area contributed by atoms with Gasteiger partial charge in [0.1, 0.15) is 5.69 Å². The SMILES string of the molecule is C[C@@H]1C[C@H](O)CCN1c1nc(-c2nnc(C(F)F)s2)c2cc(S(=O)(=O)NC3(C)CC3)ccc2n1. The summed E-state index contributed by atoms with van der Waals surface area (Å²) in [7, 11) is -3.80. The van der Waals surface area contributed by atoms with Crippen LogP contribution in [0, 0.1) is 0 Å². The topological polar surface area (TPSA) is 121 Å². The first-order valence-corrected chi connectivity index (χ1v) is 13.3. The molecule has 2 aromatic heterocycles. The van der Waals surface area contributed by atoms with Gasteiger partial charge in [-0.2, -0.15) is 0 Å². The second-order valence-corrected chi connectivity index (χ2v) is 11.9. The molecule has 2 N–H and O–H groups in total. The van der Waals surface area contributed by atoms with Crippen molar-refractivity contribution in [3.05, 3.63) is 23.2 Å². The average Bonchev–Trinajstić information content (AvgIpc) is 3.28. The highest BCUT2D eigenvalue weighted by molar-refractivity contribution is 7.89. The molecule has 9 nitrogen and oxygen atoms in total. The second kappa shape index (κ2) is 8.40. The van der Waals surface area contributed by atoms with Gasteiger partial charge in [-0.15, -0.1) is 10.2 Å². The number of benzene rings is 1. The number of halogens is 2. The minimum atomic E-state index is -3.80. The molecule has 2 aliphatic rings. The average molecular weight is 511 g/mol. The number of sulfonamides is 1. The molecular weight excluding hydrogens is 486 g/mol. The van der Waals surface area contributed by atoms with Crippen LogP contribution in [0.25, 0.3) is 21.6 Å². The monoisotopic (exact) mass is 510 g/mol. The minimum absolute atomic E-state index is 0.0387. The molecule has 3 heterocycles. The van der Waals surface area contributed by atoms with Gasteiger partial charge in [-0.1, -0.05) is 11.3 Å². The Morgan fingerprint density at radius 1 is 1.26 bits per heavy atom. The fourth-order valence-corrected chi connectivity index (χ4v) is 6.28. The number of nitrogens with zero attached hydrogens (tertiary/aromatic N) is 5. The number of hydrogen-bond acceptors (Lipinski definition) is 9. The van der Waals surface area contributed by atoms with Crippen molar-refractivity contribution in [1.29, 1.82) is 0 Å². The highest BCUT2D eigenvalue weighted by Crippen LogP contribution is 2.38. The van der Waals surface area contributed by atoms with Crippen molar-refractivity contribution in [3.63, 3.8) is 0 Å². The Bertz CT molecular complexity index is 1350. The van der Waals surface area contributed by atoms with Crippen LogP contribution < -0.4 is 9.62 Å². The third-order valence-electron chi connectivity index (χ3n) is 6.28. The van der Waals surface area contributed by atoms with Gasteiger partial charge < -0.3 is 10.0 Å². The zero-order chi connectivity index (χ0) is 24.3. The van der Waals surface area contributed by atoms with Gasteiger partial charge in [0, 0.05) is 23.5 Å². The van der Waals surface area contributed by atoms with E-state index in [0.29, 0.717) is 47.6 Å². The first-order valence-electron chi connectivity index (χ1n) is 11.0. The van der Waals surface area contributed by atoms with Crippen molar-refractivity contribution in [3.8, 4) is 10.7 Å². The van der Waals surface area contributed by atoms with Crippen LogP contribution in [0.4, 0.5) is 14.7 Å². The van der Waals surface area contributed by atoms with Gasteiger partial charge in [-0.3, -0.25) is 0 Å². The summed E-state index contributed by atoms with van der Waals surface area (Å²) in [5.74, 6) is 0.370. The lowest BCUT2D eigenvalue weighted by molar-refractivity contribution is 0.131. The Balaban J connectivity index is 1.64. The van der Waals surface area contributed by atoms with Gasteiger partial charge in [0.15, 0.2) is 10.0 Å². The van der Waals surface area contributed by atoms with Crippen LogP contribution in [0.2, 0.25) is 0 Å². The molecule has 0 spiro atoms. The number of hydrogen-bond donors (Lipinski definition) is 2. The zero-order valence-electron chi connectivity index (χ0n) is 18.6. The number of fused-ring (bicyclic) bond motifs is 1. The van der Waals surface area contributed by atoms with E-state index in [1.807, 2.05) is 18.7 Å². The van der Waals surface area contributed by atoms with Gasteiger partial charge in [0.2, 0.25) is 16.0 Å². The Kier molecular flexibility index (Phi) is 5.78. The van der Waals surface area contributed by atoms with Crippen molar-refractivity contribution in [1.82, 2.24) is 24.9 Å². The first-order chi connectivity index (χ1) is 16.0. The molecule has 34 heavy (non-hydrogen) atoms. The van der Waals surface area contributed by atoms with Crippen LogP contribution in [0.3, 0.4) is 0 Å². The van der Waals surface area contributed by atoms with E-state index in [2.05, 4.69) is 24.9 Å². The normalized spacial score (nSPS) is 22.5. The van der Waals surface area contributed by atoms with Crippen LogP contribution >= 0.6 is 11.3 Å². The van der Waals surface area contributed by atoms with Gasteiger partial charge in [-0.05, 0) is 57.7 Å². The highest BCUT2D eigenvalue weighted by Gasteiger charge is 2.41. The number of piperidine rings is 1. The van der Waals surface area contributed by atoms with E-state index in [9.17, 15) is 22.3 Å². The van der Waals surface area contributed by atoms with Crippen LogP contribution in [-0.4, -0.2) is 57.9 Å². The summed E-state index contributed by atoms with van der Waals surface area (Å²) >= 11 is 0.713. The predicted molar refractivity (Wildman–Crippen MR) is 123 cm³/mol. The minimum Gasteiger partial charge on any atom is -0.393 e. The molecule has 0 unspecified atom stereocenters. The lowest BCUT2D eigenvalue weighted by atomic mass is 10.0. The van der Waals surface area contributed by atoms with Crippen molar-refractivity contribution in [2.75, 3.05) is 11.4 Å². The molecular formula is C21H24F2N6O3S2. The summed E-state index contributed by atoms with van der Waals surface area (Å²) in [6.07, 6.45) is -0.551. The molecule has 5 rings (SSSR count). The fourth-order valence-electron chi connectivity index (χ4n) is 4.09. The summed E-state index contributed by atoms with van der Waals surface area (Å²) in [4.78, 5) is 11.3. The Morgan fingerprint density at radius 2 is 2.03 bits per heavy atom. The predicted octanol–water partition coefficient (Wildman–Crippen LogP) is 3.27. The molecule has 2 fully saturated rings. The zero-order valence-corrected chi connectivity index (χ0v) is 20.2. The number of aromatic nitrogens is 4. The van der Waals surface area contributed by atoms with Crippen LogP contribution in [-0.2, 0) is 10.0 Å². The maximum absolute atomic E-state index is 13.2. The standard InChI is InChI=1S/C21H24F2N6O3S2/c1-11-9-12(30)5-8-29(11)20-24-15-4-3-13(34(31,32)28-21(2)6-7-21)10-14(15)16(25-20)18-26-27-19(33-18)17(22)23/h3-4,10-12,17,28,30H,5-9H2,1-2H3/t11-,12-/m1/s1. The Labute approximate surface area is 199 Å². The molecule has 1 aliphatic heterocycles. The van der Waals surface area contributed by atoms with Crippen molar-refractivity contribution in [2.24, 2.45) is 0 Å². The molecule has 1 saturated carbocycles. The van der Waals surface area contributed by atoms with E-state index in [4.69, 9.17) is 0 Å². The van der Waals surface area contributed by atoms with Crippen molar-refractivity contribution in [2.45, 2.75) is 68.5 Å². The quantitative estimate of drug-likeness (QED) is 0.518. The van der Waals surface area contributed by atoms with Gasteiger partial charge in [-0.25, -0.2) is 31.9 Å². The Morgan fingerprint density at radius 3 is 2.68 bits per heavy atom. The largest absolute Gasteiger partial charge is 0.393 e. The number of aliphatic hydroxyl groups excluding tert-OH is 1. The van der Waals surface area contributed by atoms with Crippen molar-refractivity contribution < 1.29 is 22.3 Å². The maximum Gasteiger partial charge on any atom is 0.291 e. The molecule has 0 bridgehead atoms. The van der Waals surface area contributed by atoms with Crippen LogP contribution in [0.5, 0.6) is 0 Å². The molecule has 1 aromatic carbocycles. The summed E-state index contributed by atoms with van der Waals surface area (Å²) in [6, 6.07) is 4.48. The van der Waals surface area contributed by atoms with Crippen molar-refractivity contribution >= 4 is 38.2 Å². The smallest absolute Gasteiger partial charge is 0.291 e. The van der Waals surface area contributed by atoms with E-state index in [0.717, 1.165) is 12.8 Å². The molecule has 1 aliphatic carbocycles. The molecule has 3 aromatic rings. The number of rotatable bonds is 6. The van der Waals surface area contributed by atoms with E-state index in [1.54, 1.807) is 6.07 Å². The number of anilines is 1. The van der Waals surface area contributed by atoms with Gasteiger partial charge >= 0.3 is 0 Å². The lowest BCUT2D eigenvalue weighted by Gasteiger charge is -2.36. The molecule has 13 heteroatoms. The summed E-state index contributed by atoms with van der Waals surface area (Å²) in [5.41, 5.74) is 0.262. The first kappa shape index (κ1) is 23.4. The highest BCUT2D eigenvalue weighted by atomic mass is 32.2. The second-order valence-electron chi connectivity index (χ2n) is 9.18. The summed E-state index contributed by atoms with van der Waals surface area (Å²) in [5, 5.41) is 17.6. The third kappa shape index (κ3) is 4.49. The Hall–Kier alpha value is -2.35. The van der Waals surface area contributed by atoms with E-state index >= 15 is 0 Å². The van der Waals surface area contributed by atoms with Gasteiger partial charge in [0.05, 0.1) is 16.5 Å². The van der Waals surface area contributed by atoms with Gasteiger partial charge in [0.25, 0.3) is 6.43 Å². The van der Waals surface area contributed by atoms with E-state index in [1.165, 1.54) is 12.1 Å². The molecule has 0 amide bonds. The number of alkyl halides is 2. The molecule has 0 radical (unpaired) electrons. The summed E-state index contributed by atoms with van der Waals surface area (Å²) in [6.45, 7) is 4.33. The summed E-state index contributed by atoms with van der Waals surface area (Å²) < 4.78 is 55.0. The van der Waals surface area contributed by atoms with Crippen LogP contribution in [0.15, 0.2) is 23.1 Å². The molecule has 182 valence electrons. The number of aliphatic hydroxyl groups is 1. The molecule has 2 atom stereocenters. The van der Waals surface area contributed by atoms with E-state index < -0.39 is 33.1 Å². The third-order valence-corrected chi connectivity index (χ3v) is 8.86. The number of nitrogens with one attached hydrogen (secondary N) is 1. The lowest BCUT2D eigenvalue weighted by Crippen LogP contribution is -2.43. The van der Waals surface area contributed by atoms with E-state index in [-0.39, 0.29) is 21.6 Å². The van der Waals surface area contributed by atoms with Crippen LogP contribution in [0.1, 0.15) is 51.0 Å².